The highest BCUT2D eigenvalue weighted by Crippen LogP contribution is 2.37. The molecule has 1 fully saturated rings. The summed E-state index contributed by atoms with van der Waals surface area (Å²) in [6.07, 6.45) is 3.27. The van der Waals surface area contributed by atoms with Crippen molar-refractivity contribution in [3.8, 4) is 21.9 Å². The van der Waals surface area contributed by atoms with Crippen molar-refractivity contribution in [2.24, 2.45) is 5.92 Å². The fourth-order valence-corrected chi connectivity index (χ4v) is 4.68. The molecular formula is C21H23NO5S. The van der Waals surface area contributed by atoms with E-state index in [1.165, 1.54) is 18.4 Å². The first-order valence-electron chi connectivity index (χ1n) is 9.52. The van der Waals surface area contributed by atoms with E-state index in [2.05, 4.69) is 5.32 Å². The summed E-state index contributed by atoms with van der Waals surface area (Å²) in [7, 11) is 1.41. The average Bonchev–Trinajstić information content (AvgIpc) is 3.23. The molecule has 2 aromatic rings. The van der Waals surface area contributed by atoms with Crippen molar-refractivity contribution in [2.45, 2.75) is 31.7 Å². The van der Waals surface area contributed by atoms with E-state index < -0.39 is 0 Å². The number of fused-ring (bicyclic) bond motifs is 1. The minimum Gasteiger partial charge on any atom is -0.486 e. The highest BCUT2D eigenvalue weighted by atomic mass is 32.1. The van der Waals surface area contributed by atoms with Gasteiger partial charge in [-0.3, -0.25) is 9.59 Å². The van der Waals surface area contributed by atoms with Gasteiger partial charge >= 0.3 is 5.97 Å². The number of amides is 1. The Morgan fingerprint density at radius 2 is 1.93 bits per heavy atom. The van der Waals surface area contributed by atoms with Gasteiger partial charge in [0.25, 0.3) is 5.91 Å². The normalized spacial score (nSPS) is 21.0. The van der Waals surface area contributed by atoms with Gasteiger partial charge in [0, 0.05) is 10.9 Å². The minimum absolute atomic E-state index is 0.00481. The molecule has 28 heavy (non-hydrogen) atoms. The van der Waals surface area contributed by atoms with Crippen LogP contribution in [0.4, 0.5) is 0 Å². The van der Waals surface area contributed by atoms with Crippen molar-refractivity contribution >= 4 is 23.2 Å². The molecular weight excluding hydrogens is 378 g/mol. The smallest absolute Gasteiger partial charge is 0.308 e. The Labute approximate surface area is 167 Å². The van der Waals surface area contributed by atoms with E-state index in [1.54, 1.807) is 0 Å². The van der Waals surface area contributed by atoms with Crippen molar-refractivity contribution in [2.75, 3.05) is 20.3 Å². The van der Waals surface area contributed by atoms with Crippen molar-refractivity contribution in [1.82, 2.24) is 5.32 Å². The Kier molecular flexibility index (Phi) is 5.52. The van der Waals surface area contributed by atoms with Crippen molar-refractivity contribution in [3.05, 3.63) is 35.2 Å². The molecule has 2 aliphatic rings. The number of hydrogen-bond acceptors (Lipinski definition) is 6. The van der Waals surface area contributed by atoms with Gasteiger partial charge in [-0.05, 0) is 55.2 Å². The molecule has 0 spiro atoms. The monoisotopic (exact) mass is 401 g/mol. The molecule has 1 aliphatic carbocycles. The quantitative estimate of drug-likeness (QED) is 0.792. The number of rotatable bonds is 4. The number of methoxy groups -OCH3 is 1. The third-order valence-corrected chi connectivity index (χ3v) is 6.33. The second-order valence-corrected chi connectivity index (χ2v) is 8.16. The Bertz CT molecular complexity index is 877. The topological polar surface area (TPSA) is 73.9 Å². The van der Waals surface area contributed by atoms with E-state index >= 15 is 0 Å². The number of esters is 1. The molecule has 2 atom stereocenters. The van der Waals surface area contributed by atoms with Gasteiger partial charge in [0.15, 0.2) is 11.5 Å². The summed E-state index contributed by atoms with van der Waals surface area (Å²) in [4.78, 5) is 26.1. The Morgan fingerprint density at radius 3 is 2.75 bits per heavy atom. The zero-order valence-corrected chi connectivity index (χ0v) is 16.6. The summed E-state index contributed by atoms with van der Waals surface area (Å²) in [5.74, 6) is 1.09. The summed E-state index contributed by atoms with van der Waals surface area (Å²) in [5.41, 5.74) is 0.997. The van der Waals surface area contributed by atoms with Crippen molar-refractivity contribution in [3.63, 3.8) is 0 Å². The third-order valence-electron chi connectivity index (χ3n) is 5.20. The van der Waals surface area contributed by atoms with Crippen LogP contribution < -0.4 is 14.8 Å². The van der Waals surface area contributed by atoms with E-state index in [4.69, 9.17) is 14.2 Å². The molecule has 0 saturated heterocycles. The maximum atomic E-state index is 12.7. The number of benzene rings is 1. The lowest BCUT2D eigenvalue weighted by Crippen LogP contribution is -2.39. The van der Waals surface area contributed by atoms with Crippen molar-refractivity contribution < 1.29 is 23.8 Å². The molecule has 7 heteroatoms. The largest absolute Gasteiger partial charge is 0.486 e. The molecule has 1 saturated carbocycles. The van der Waals surface area contributed by atoms with Gasteiger partial charge in [-0.15, -0.1) is 11.3 Å². The van der Waals surface area contributed by atoms with Gasteiger partial charge in [-0.25, -0.2) is 0 Å². The zero-order chi connectivity index (χ0) is 19.5. The summed E-state index contributed by atoms with van der Waals surface area (Å²) < 4.78 is 16.0. The standard InChI is InChI=1S/C21H23NO5S/c1-25-21(24)14-3-2-4-15(11-14)22-20(23)19-8-7-18(28-19)13-5-6-16-17(12-13)27-10-9-26-16/h5-8,12,14-15H,2-4,9-11H2,1H3,(H,22,23)/t14-,15-/m1/s1. The van der Waals surface area contributed by atoms with Gasteiger partial charge in [-0.1, -0.05) is 6.42 Å². The van der Waals surface area contributed by atoms with E-state index in [-0.39, 0.29) is 23.8 Å². The lowest BCUT2D eigenvalue weighted by atomic mass is 9.85. The number of carbonyl (C=O) groups is 2. The highest BCUT2D eigenvalue weighted by molar-refractivity contribution is 7.17. The number of thiophene rings is 1. The fraction of sp³-hybridized carbons (Fsp3) is 0.429. The van der Waals surface area contributed by atoms with E-state index in [9.17, 15) is 9.59 Å². The van der Waals surface area contributed by atoms with Gasteiger partial charge < -0.3 is 19.5 Å². The molecule has 1 N–H and O–H groups in total. The van der Waals surface area contributed by atoms with Gasteiger partial charge in [0.1, 0.15) is 13.2 Å². The maximum Gasteiger partial charge on any atom is 0.308 e. The summed E-state index contributed by atoms with van der Waals surface area (Å²) in [5, 5.41) is 3.08. The van der Waals surface area contributed by atoms with Crippen LogP contribution in [-0.2, 0) is 9.53 Å². The highest BCUT2D eigenvalue weighted by Gasteiger charge is 2.29. The van der Waals surface area contributed by atoms with Crippen LogP contribution in [0.3, 0.4) is 0 Å². The SMILES string of the molecule is COC(=O)[C@@H]1CCC[C@@H](NC(=O)c2ccc(-c3ccc4c(c3)OCCO4)s2)C1. The van der Waals surface area contributed by atoms with E-state index in [0.717, 1.165) is 41.2 Å². The lowest BCUT2D eigenvalue weighted by molar-refractivity contribution is -0.146. The Balaban J connectivity index is 1.42. The molecule has 0 unspecified atom stereocenters. The molecule has 0 radical (unpaired) electrons. The second-order valence-electron chi connectivity index (χ2n) is 7.08. The number of ether oxygens (including phenoxy) is 3. The molecule has 148 valence electrons. The molecule has 2 heterocycles. The van der Waals surface area contributed by atoms with Crippen LogP contribution in [-0.4, -0.2) is 38.2 Å². The maximum absolute atomic E-state index is 12.7. The number of carbonyl (C=O) groups excluding carboxylic acids is 2. The lowest BCUT2D eigenvalue weighted by Gasteiger charge is -2.27. The summed E-state index contributed by atoms with van der Waals surface area (Å²) >= 11 is 1.44. The van der Waals surface area contributed by atoms with Crippen molar-refractivity contribution in [1.29, 1.82) is 0 Å². The summed E-state index contributed by atoms with van der Waals surface area (Å²) in [6.45, 7) is 1.11. The first kappa shape index (κ1) is 18.8. The Hall–Kier alpha value is -2.54. The molecule has 6 nitrogen and oxygen atoms in total. The fourth-order valence-electron chi connectivity index (χ4n) is 3.77. The van der Waals surface area contributed by atoms with Crippen LogP contribution in [0.2, 0.25) is 0 Å². The van der Waals surface area contributed by atoms with Gasteiger partial charge in [0.2, 0.25) is 0 Å². The molecule has 1 aromatic heterocycles. The molecule has 4 rings (SSSR count). The number of nitrogens with one attached hydrogen (secondary N) is 1. The third kappa shape index (κ3) is 3.99. The Morgan fingerprint density at radius 1 is 1.11 bits per heavy atom. The van der Waals surface area contributed by atoms with Crippen LogP contribution in [0.15, 0.2) is 30.3 Å². The summed E-state index contributed by atoms with van der Waals surface area (Å²) in [6, 6.07) is 9.62. The van der Waals surface area contributed by atoms with E-state index in [1.807, 2.05) is 30.3 Å². The average molecular weight is 401 g/mol. The zero-order valence-electron chi connectivity index (χ0n) is 15.7. The predicted molar refractivity (Wildman–Crippen MR) is 106 cm³/mol. The van der Waals surface area contributed by atoms with Crippen LogP contribution >= 0.6 is 11.3 Å². The first-order chi connectivity index (χ1) is 13.6. The van der Waals surface area contributed by atoms with E-state index in [0.29, 0.717) is 24.5 Å². The molecule has 1 aromatic carbocycles. The van der Waals surface area contributed by atoms with Crippen LogP contribution in [0.1, 0.15) is 35.4 Å². The van der Waals surface area contributed by atoms with Crippen LogP contribution in [0.25, 0.3) is 10.4 Å². The predicted octanol–water partition coefficient (Wildman–Crippen LogP) is 3.65. The molecule has 1 aliphatic heterocycles. The molecule has 0 bridgehead atoms. The molecule has 1 amide bonds. The van der Waals surface area contributed by atoms with Gasteiger partial charge in [0.05, 0.1) is 17.9 Å². The van der Waals surface area contributed by atoms with Crippen LogP contribution in [0, 0.1) is 5.92 Å². The minimum atomic E-state index is -0.184. The first-order valence-corrected chi connectivity index (χ1v) is 10.3. The van der Waals surface area contributed by atoms with Crippen LogP contribution in [0.5, 0.6) is 11.5 Å². The van der Waals surface area contributed by atoms with Gasteiger partial charge in [-0.2, -0.15) is 0 Å². The second kappa shape index (κ2) is 8.22. The number of hydrogen-bond donors (Lipinski definition) is 1.